The van der Waals surface area contributed by atoms with Gasteiger partial charge in [-0.15, -0.1) is 0 Å². The van der Waals surface area contributed by atoms with Crippen LogP contribution in [0.5, 0.6) is 5.75 Å². The summed E-state index contributed by atoms with van der Waals surface area (Å²) in [5.74, 6) is 0.791. The molecule has 1 fully saturated rings. The first-order valence-corrected chi connectivity index (χ1v) is 7.10. The molecule has 4 N–H and O–H groups in total. The zero-order chi connectivity index (χ0) is 15.5. The maximum atomic E-state index is 10.2. The van der Waals surface area contributed by atoms with Gasteiger partial charge in [-0.3, -0.25) is 0 Å². The lowest BCUT2D eigenvalue weighted by Gasteiger charge is -2.26. The lowest BCUT2D eigenvalue weighted by Crippen LogP contribution is -2.30. The Bertz CT molecular complexity index is 529. The number of hydrogen-bond donors (Lipinski definition) is 3. The van der Waals surface area contributed by atoms with Gasteiger partial charge in [-0.05, 0) is 38.3 Å². The van der Waals surface area contributed by atoms with Crippen LogP contribution in [0.15, 0.2) is 23.4 Å². The molecule has 0 aromatic heterocycles. The summed E-state index contributed by atoms with van der Waals surface area (Å²) in [6, 6.07) is 5.45. The monoisotopic (exact) mass is 293 g/mol. The molecule has 0 saturated carbocycles. The third-order valence-electron chi connectivity index (χ3n) is 3.99. The predicted octanol–water partition coefficient (Wildman–Crippen LogP) is 1.53. The Kier molecular flexibility index (Phi) is 4.57. The number of aliphatic hydroxyl groups is 1. The SMILES string of the molecule is COc1ccc(/C(N)=N/O)c(N2CCCC(C)(O)CC2)c1. The molecule has 0 bridgehead atoms. The summed E-state index contributed by atoms with van der Waals surface area (Å²) < 4.78 is 5.27. The molecule has 1 saturated heterocycles. The second kappa shape index (κ2) is 6.22. The van der Waals surface area contributed by atoms with Gasteiger partial charge in [-0.2, -0.15) is 0 Å². The Labute approximate surface area is 124 Å². The van der Waals surface area contributed by atoms with E-state index in [-0.39, 0.29) is 5.84 Å². The van der Waals surface area contributed by atoms with Crippen LogP contribution in [0.1, 0.15) is 31.7 Å². The van der Waals surface area contributed by atoms with Crippen LogP contribution in [0.25, 0.3) is 0 Å². The van der Waals surface area contributed by atoms with Crippen molar-refractivity contribution in [2.24, 2.45) is 10.9 Å². The molecule has 1 aliphatic rings. The minimum Gasteiger partial charge on any atom is -0.497 e. The molecule has 1 heterocycles. The van der Waals surface area contributed by atoms with E-state index < -0.39 is 5.60 Å². The Morgan fingerprint density at radius 3 is 2.81 bits per heavy atom. The summed E-state index contributed by atoms with van der Waals surface area (Å²) in [7, 11) is 1.61. The van der Waals surface area contributed by atoms with Crippen molar-refractivity contribution in [1.29, 1.82) is 0 Å². The molecule has 21 heavy (non-hydrogen) atoms. The molecule has 0 spiro atoms. The summed E-state index contributed by atoms with van der Waals surface area (Å²) in [6.45, 7) is 3.40. The highest BCUT2D eigenvalue weighted by atomic mass is 16.5. The second-order valence-corrected chi connectivity index (χ2v) is 5.71. The van der Waals surface area contributed by atoms with E-state index in [0.717, 1.165) is 30.8 Å². The highest BCUT2D eigenvalue weighted by molar-refractivity contribution is 6.02. The van der Waals surface area contributed by atoms with Crippen molar-refractivity contribution in [3.8, 4) is 5.75 Å². The van der Waals surface area contributed by atoms with E-state index in [0.29, 0.717) is 18.5 Å². The molecule has 1 aromatic carbocycles. The van der Waals surface area contributed by atoms with Crippen molar-refractivity contribution in [3.63, 3.8) is 0 Å². The van der Waals surface area contributed by atoms with Gasteiger partial charge < -0.3 is 25.7 Å². The predicted molar refractivity (Wildman–Crippen MR) is 82.2 cm³/mol. The lowest BCUT2D eigenvalue weighted by molar-refractivity contribution is 0.0481. The highest BCUT2D eigenvalue weighted by Crippen LogP contribution is 2.30. The van der Waals surface area contributed by atoms with Crippen LogP contribution < -0.4 is 15.4 Å². The van der Waals surface area contributed by atoms with E-state index >= 15 is 0 Å². The fourth-order valence-corrected chi connectivity index (χ4v) is 2.67. The lowest BCUT2D eigenvalue weighted by atomic mass is 9.98. The quantitative estimate of drug-likeness (QED) is 0.340. The van der Waals surface area contributed by atoms with E-state index in [1.54, 1.807) is 19.2 Å². The van der Waals surface area contributed by atoms with Crippen molar-refractivity contribution >= 4 is 11.5 Å². The molecule has 6 nitrogen and oxygen atoms in total. The van der Waals surface area contributed by atoms with Gasteiger partial charge in [0.1, 0.15) is 5.75 Å². The topological polar surface area (TPSA) is 91.3 Å². The highest BCUT2D eigenvalue weighted by Gasteiger charge is 2.26. The van der Waals surface area contributed by atoms with Crippen molar-refractivity contribution in [3.05, 3.63) is 23.8 Å². The summed E-state index contributed by atoms with van der Waals surface area (Å²) in [6.07, 6.45) is 2.34. The third-order valence-corrected chi connectivity index (χ3v) is 3.99. The van der Waals surface area contributed by atoms with Gasteiger partial charge in [-0.25, -0.2) is 0 Å². The average Bonchev–Trinajstić information content (AvgIpc) is 2.66. The molecule has 116 valence electrons. The van der Waals surface area contributed by atoms with Gasteiger partial charge in [-0.1, -0.05) is 5.16 Å². The molecule has 1 unspecified atom stereocenters. The Balaban J connectivity index is 2.36. The van der Waals surface area contributed by atoms with Crippen molar-refractivity contribution < 1.29 is 15.1 Å². The first-order chi connectivity index (χ1) is 9.96. The number of hydrogen-bond acceptors (Lipinski definition) is 5. The number of oxime groups is 1. The molecule has 0 radical (unpaired) electrons. The zero-order valence-electron chi connectivity index (χ0n) is 12.5. The van der Waals surface area contributed by atoms with Gasteiger partial charge in [0.2, 0.25) is 0 Å². The zero-order valence-corrected chi connectivity index (χ0v) is 12.5. The van der Waals surface area contributed by atoms with Gasteiger partial charge in [0.05, 0.1) is 18.4 Å². The smallest absolute Gasteiger partial charge is 0.172 e. The van der Waals surface area contributed by atoms with Crippen LogP contribution in [-0.2, 0) is 0 Å². The van der Waals surface area contributed by atoms with Crippen LogP contribution in [0.2, 0.25) is 0 Å². The molecule has 1 aliphatic heterocycles. The van der Waals surface area contributed by atoms with E-state index in [4.69, 9.17) is 15.7 Å². The average molecular weight is 293 g/mol. The van der Waals surface area contributed by atoms with E-state index in [9.17, 15) is 5.11 Å². The number of methoxy groups -OCH3 is 1. The van der Waals surface area contributed by atoms with Crippen LogP contribution in [0, 0.1) is 0 Å². The van der Waals surface area contributed by atoms with Crippen molar-refractivity contribution in [1.82, 2.24) is 0 Å². The number of ether oxygens (including phenoxy) is 1. The number of amidine groups is 1. The van der Waals surface area contributed by atoms with Crippen LogP contribution in [-0.4, -0.2) is 41.9 Å². The van der Waals surface area contributed by atoms with Gasteiger partial charge in [0.25, 0.3) is 0 Å². The largest absolute Gasteiger partial charge is 0.497 e. The number of nitrogens with two attached hydrogens (primary N) is 1. The van der Waals surface area contributed by atoms with Gasteiger partial charge in [0, 0.05) is 24.7 Å². The first kappa shape index (κ1) is 15.4. The summed E-state index contributed by atoms with van der Waals surface area (Å²) in [5, 5.41) is 22.3. The molecular weight excluding hydrogens is 270 g/mol. The molecule has 6 heteroatoms. The third kappa shape index (κ3) is 3.58. The summed E-state index contributed by atoms with van der Waals surface area (Å²) >= 11 is 0. The van der Waals surface area contributed by atoms with Crippen molar-refractivity contribution in [2.75, 3.05) is 25.1 Å². The number of rotatable bonds is 3. The number of nitrogens with zero attached hydrogens (tertiary/aromatic N) is 2. The molecule has 0 amide bonds. The fourth-order valence-electron chi connectivity index (χ4n) is 2.67. The van der Waals surface area contributed by atoms with Crippen LogP contribution >= 0.6 is 0 Å². The van der Waals surface area contributed by atoms with E-state index in [2.05, 4.69) is 10.1 Å². The summed E-state index contributed by atoms with van der Waals surface area (Å²) in [4.78, 5) is 2.15. The molecule has 1 aromatic rings. The molecule has 2 rings (SSSR count). The Morgan fingerprint density at radius 1 is 1.38 bits per heavy atom. The van der Waals surface area contributed by atoms with Gasteiger partial charge in [0.15, 0.2) is 5.84 Å². The minimum absolute atomic E-state index is 0.0728. The van der Waals surface area contributed by atoms with Crippen LogP contribution in [0.3, 0.4) is 0 Å². The standard InChI is InChI=1S/C15H23N3O3/c1-15(19)6-3-8-18(9-7-15)13-10-11(21-2)4-5-12(13)14(16)17-20/h4-5,10,19-20H,3,6-9H2,1-2H3,(H2,16,17). The number of anilines is 1. The summed E-state index contributed by atoms with van der Waals surface area (Å²) in [5.41, 5.74) is 6.66. The maximum Gasteiger partial charge on any atom is 0.172 e. The molecule has 0 aliphatic carbocycles. The first-order valence-electron chi connectivity index (χ1n) is 7.10. The normalized spacial score (nSPS) is 23.8. The van der Waals surface area contributed by atoms with E-state index in [1.165, 1.54) is 0 Å². The number of benzene rings is 1. The van der Waals surface area contributed by atoms with Crippen LogP contribution in [0.4, 0.5) is 5.69 Å². The second-order valence-electron chi connectivity index (χ2n) is 5.71. The molecule has 1 atom stereocenters. The minimum atomic E-state index is -0.635. The fraction of sp³-hybridized carbons (Fsp3) is 0.533. The Morgan fingerprint density at radius 2 is 2.14 bits per heavy atom. The van der Waals surface area contributed by atoms with E-state index in [1.807, 2.05) is 13.0 Å². The maximum absolute atomic E-state index is 10.2. The molecular formula is C15H23N3O3. The Hall–Kier alpha value is -1.95. The van der Waals surface area contributed by atoms with Crippen molar-refractivity contribution in [2.45, 2.75) is 31.8 Å². The van der Waals surface area contributed by atoms with Gasteiger partial charge >= 0.3 is 0 Å².